The van der Waals surface area contributed by atoms with Crippen molar-refractivity contribution >= 4 is 11.6 Å². The van der Waals surface area contributed by atoms with Crippen molar-refractivity contribution < 1.29 is 21.9 Å². The van der Waals surface area contributed by atoms with Crippen LogP contribution in [0.4, 0.5) is 5.69 Å². The number of nitrogens with two attached hydrogens (primary N) is 1. The van der Waals surface area contributed by atoms with Gasteiger partial charge in [-0.25, -0.2) is 0 Å². The Hall–Kier alpha value is -1.80. The van der Waals surface area contributed by atoms with Gasteiger partial charge in [0.15, 0.2) is 4.98 Å². The molecule has 0 bridgehead atoms. The molecule has 0 spiro atoms. The minimum Gasteiger partial charge on any atom is -1.00 e. The number of hydrogen-bond donors (Lipinski definition) is 1. The number of methoxy groups -OCH3 is 1. The van der Waals surface area contributed by atoms with Crippen LogP contribution in [0.3, 0.4) is 0 Å². The van der Waals surface area contributed by atoms with Crippen LogP contribution in [0.1, 0.15) is 10.4 Å². The number of primary amides is 1. The molecule has 74 valence electrons. The number of ether oxygens (including phenoxy) is 1. The summed E-state index contributed by atoms with van der Waals surface area (Å²) in [4.78, 5) is 13.7. The van der Waals surface area contributed by atoms with E-state index in [0.29, 0.717) is 5.75 Å². The van der Waals surface area contributed by atoms with Crippen molar-refractivity contribution in [3.63, 3.8) is 0 Å². The Morgan fingerprint density at radius 1 is 1.57 bits per heavy atom. The fraction of sp³-hybridized carbons (Fsp3) is 0.125. The number of carbonyl (C=O) groups is 1. The lowest BCUT2D eigenvalue weighted by Gasteiger charge is -1.96. The molecule has 0 unspecified atom stereocenters. The van der Waals surface area contributed by atoms with Crippen LogP contribution < -0.4 is 22.9 Å². The zero-order chi connectivity index (χ0) is 9.84. The molecule has 14 heavy (non-hydrogen) atoms. The minimum absolute atomic E-state index is 0. The molecule has 2 N–H and O–H groups in total. The minimum atomic E-state index is -0.643. The van der Waals surface area contributed by atoms with E-state index in [1.807, 2.05) is 0 Å². The average molecular weight is 214 g/mol. The number of benzene rings is 1. The maximum Gasteiger partial charge on any atom is 0.401 e. The fourth-order valence-corrected chi connectivity index (χ4v) is 0.930. The Morgan fingerprint density at radius 3 is 2.64 bits per heavy atom. The second-order valence-electron chi connectivity index (χ2n) is 2.35. The highest BCUT2D eigenvalue weighted by Crippen LogP contribution is 2.24. The first-order valence-electron chi connectivity index (χ1n) is 3.52. The highest BCUT2D eigenvalue weighted by Gasteiger charge is 2.18. The van der Waals surface area contributed by atoms with Gasteiger partial charge in [0.05, 0.1) is 13.2 Å². The number of carbonyl (C=O) groups excluding carboxylic acids is 1. The number of halogens is 1. The molecule has 0 aliphatic rings. The first kappa shape index (κ1) is 12.2. The van der Waals surface area contributed by atoms with E-state index < -0.39 is 5.91 Å². The van der Waals surface area contributed by atoms with Crippen molar-refractivity contribution in [1.82, 2.24) is 0 Å². The third-order valence-corrected chi connectivity index (χ3v) is 1.58. The highest BCUT2D eigenvalue weighted by atomic mass is 35.5. The molecule has 1 rings (SSSR count). The zero-order valence-electron chi connectivity index (χ0n) is 7.40. The Balaban J connectivity index is 0.00000169. The SMILES string of the molecule is COc1ccc(C(N)=O)c([N+]#N)c1.[Cl-]. The zero-order valence-corrected chi connectivity index (χ0v) is 8.15. The van der Waals surface area contributed by atoms with Crippen LogP contribution in [0.5, 0.6) is 5.75 Å². The number of rotatable bonds is 2. The molecule has 0 radical (unpaired) electrons. The monoisotopic (exact) mass is 213 g/mol. The van der Waals surface area contributed by atoms with E-state index >= 15 is 0 Å². The Kier molecular flexibility index (Phi) is 4.40. The molecule has 6 heteroatoms. The van der Waals surface area contributed by atoms with E-state index in [2.05, 4.69) is 4.98 Å². The largest absolute Gasteiger partial charge is 1.00 e. The van der Waals surface area contributed by atoms with E-state index in [1.54, 1.807) is 6.07 Å². The molecule has 0 heterocycles. The lowest BCUT2D eigenvalue weighted by atomic mass is 10.1. The Morgan fingerprint density at radius 2 is 2.21 bits per heavy atom. The predicted molar refractivity (Wildman–Crippen MR) is 46.3 cm³/mol. The summed E-state index contributed by atoms with van der Waals surface area (Å²) in [6.07, 6.45) is 0. The number of amides is 1. The summed E-state index contributed by atoms with van der Waals surface area (Å²) in [7, 11) is 1.47. The molecule has 0 saturated carbocycles. The lowest BCUT2D eigenvalue weighted by molar-refractivity contribution is -0.0000116. The number of diazo groups is 1. The van der Waals surface area contributed by atoms with Crippen LogP contribution in [0, 0.1) is 5.39 Å². The van der Waals surface area contributed by atoms with Crippen molar-refractivity contribution in [1.29, 1.82) is 5.39 Å². The van der Waals surface area contributed by atoms with Crippen LogP contribution in [0.15, 0.2) is 18.2 Å². The van der Waals surface area contributed by atoms with Gasteiger partial charge in [-0.3, -0.25) is 4.79 Å². The molecular formula is C8H8ClN3O2. The second-order valence-corrected chi connectivity index (χ2v) is 2.35. The molecule has 0 fully saturated rings. The third kappa shape index (κ3) is 2.34. The predicted octanol–water partition coefficient (Wildman–Crippen LogP) is -1.72. The quantitative estimate of drug-likeness (QED) is 0.594. The maximum absolute atomic E-state index is 10.8. The summed E-state index contributed by atoms with van der Waals surface area (Å²) in [6.45, 7) is 0. The summed E-state index contributed by atoms with van der Waals surface area (Å²) in [5.74, 6) is -0.145. The molecule has 0 saturated heterocycles. The van der Waals surface area contributed by atoms with Gasteiger partial charge in [0.2, 0.25) is 5.39 Å². The molecule has 0 aliphatic carbocycles. The number of nitrogens with zero attached hydrogens (tertiary/aromatic N) is 2. The van der Waals surface area contributed by atoms with Crippen molar-refractivity contribution in [2.45, 2.75) is 0 Å². The van der Waals surface area contributed by atoms with Crippen molar-refractivity contribution in [2.24, 2.45) is 5.73 Å². The van der Waals surface area contributed by atoms with E-state index in [9.17, 15) is 4.79 Å². The maximum atomic E-state index is 10.8. The summed E-state index contributed by atoms with van der Waals surface area (Å²) in [5, 5.41) is 8.55. The van der Waals surface area contributed by atoms with Crippen LogP contribution in [-0.2, 0) is 0 Å². The van der Waals surface area contributed by atoms with Gasteiger partial charge in [0, 0.05) is 0 Å². The van der Waals surface area contributed by atoms with Gasteiger partial charge in [-0.1, -0.05) is 0 Å². The Labute approximate surface area is 86.9 Å². The van der Waals surface area contributed by atoms with Crippen molar-refractivity contribution in [2.75, 3.05) is 7.11 Å². The Bertz CT molecular complexity index is 387. The van der Waals surface area contributed by atoms with Crippen molar-refractivity contribution in [3.05, 3.63) is 28.7 Å². The second kappa shape index (κ2) is 5.04. The van der Waals surface area contributed by atoms with E-state index in [1.165, 1.54) is 19.2 Å². The smallest absolute Gasteiger partial charge is 0.401 e. The highest BCUT2D eigenvalue weighted by molar-refractivity contribution is 5.98. The van der Waals surface area contributed by atoms with Crippen LogP contribution in [0.2, 0.25) is 0 Å². The first-order valence-corrected chi connectivity index (χ1v) is 3.52. The van der Waals surface area contributed by atoms with Crippen LogP contribution in [-0.4, -0.2) is 13.0 Å². The van der Waals surface area contributed by atoms with Gasteiger partial charge in [-0.05, 0) is 12.1 Å². The van der Waals surface area contributed by atoms with E-state index in [-0.39, 0.29) is 23.7 Å². The lowest BCUT2D eigenvalue weighted by Crippen LogP contribution is -3.00. The van der Waals surface area contributed by atoms with Gasteiger partial charge in [-0.2, -0.15) is 0 Å². The summed E-state index contributed by atoms with van der Waals surface area (Å²) in [5.41, 5.74) is 5.29. The molecule has 1 aromatic carbocycles. The van der Waals surface area contributed by atoms with Gasteiger partial charge in [0.1, 0.15) is 11.3 Å². The van der Waals surface area contributed by atoms with Crippen molar-refractivity contribution in [3.8, 4) is 5.75 Å². The topological polar surface area (TPSA) is 80.5 Å². The molecule has 0 aliphatic heterocycles. The molecule has 1 aromatic rings. The van der Waals surface area contributed by atoms with E-state index in [4.69, 9.17) is 15.9 Å². The summed E-state index contributed by atoms with van der Waals surface area (Å²) < 4.78 is 4.87. The van der Waals surface area contributed by atoms with E-state index in [0.717, 1.165) is 0 Å². The molecule has 0 aromatic heterocycles. The van der Waals surface area contributed by atoms with Gasteiger partial charge in [0.25, 0.3) is 5.91 Å². The normalized spacial score (nSPS) is 8.29. The average Bonchev–Trinajstić information content (AvgIpc) is 2.16. The molecule has 1 amide bonds. The fourth-order valence-electron chi connectivity index (χ4n) is 0.930. The molecular weight excluding hydrogens is 206 g/mol. The van der Waals surface area contributed by atoms with Gasteiger partial charge < -0.3 is 22.9 Å². The van der Waals surface area contributed by atoms with Crippen LogP contribution >= 0.6 is 0 Å². The van der Waals surface area contributed by atoms with Gasteiger partial charge >= 0.3 is 5.69 Å². The third-order valence-electron chi connectivity index (χ3n) is 1.58. The molecule has 0 atom stereocenters. The van der Waals surface area contributed by atoms with Crippen LogP contribution in [0.25, 0.3) is 4.98 Å². The first-order chi connectivity index (χ1) is 6.19. The van der Waals surface area contributed by atoms with Gasteiger partial charge in [-0.15, -0.1) is 0 Å². The summed E-state index contributed by atoms with van der Waals surface area (Å²) in [6, 6.07) is 4.42. The molecule has 5 nitrogen and oxygen atoms in total. The number of hydrogen-bond acceptors (Lipinski definition) is 3. The summed E-state index contributed by atoms with van der Waals surface area (Å²) >= 11 is 0. The standard InChI is InChI=1S/C8H7N3O2.ClH/c1-13-5-2-3-6(8(9)12)7(4-5)11-10;/h2-4H,1H3,(H-,9,12);1H.